The van der Waals surface area contributed by atoms with E-state index in [9.17, 15) is 0 Å². The molecule has 0 atom stereocenters. The third kappa shape index (κ3) is 3.68. The maximum absolute atomic E-state index is 6.24. The van der Waals surface area contributed by atoms with Crippen LogP contribution in [0, 0.1) is 6.92 Å². The van der Waals surface area contributed by atoms with E-state index in [1.54, 1.807) is 10.9 Å². The normalized spacial score (nSPS) is 10.8. The summed E-state index contributed by atoms with van der Waals surface area (Å²) in [5.74, 6) is 0.449. The highest BCUT2D eigenvalue weighted by Gasteiger charge is 2.14. The summed E-state index contributed by atoms with van der Waals surface area (Å²) in [5.41, 5.74) is 2.89. The van der Waals surface area contributed by atoms with Gasteiger partial charge >= 0.3 is 0 Å². The number of nitrogens with zero attached hydrogens (tertiary/aromatic N) is 4. The Hall–Kier alpha value is -1.57. The monoisotopic (exact) mass is 409 g/mol. The molecule has 0 amide bonds. The SMILES string of the molecule is Cc1ccccc1-c1nc(NSc2cnn(C)c2)nc(Cl)c1Br. The van der Waals surface area contributed by atoms with Gasteiger partial charge in [-0.15, -0.1) is 0 Å². The zero-order valence-corrected chi connectivity index (χ0v) is 15.6. The molecule has 0 unspecified atom stereocenters. The standard InChI is InChI=1S/C15H13BrClN5S/c1-9-5-3-4-6-11(9)13-12(16)14(17)20-15(19-13)21-23-10-7-18-22(2)8-10/h3-8H,1-2H3,(H,19,20,21). The Balaban J connectivity index is 1.92. The van der Waals surface area contributed by atoms with Gasteiger partial charge in [-0.25, -0.2) is 4.98 Å². The zero-order chi connectivity index (χ0) is 16.4. The van der Waals surface area contributed by atoms with Crippen molar-refractivity contribution in [3.05, 3.63) is 51.8 Å². The Labute approximate surface area is 151 Å². The summed E-state index contributed by atoms with van der Waals surface area (Å²) in [6, 6.07) is 8.02. The van der Waals surface area contributed by atoms with Crippen LogP contribution in [0.2, 0.25) is 5.15 Å². The maximum Gasteiger partial charge on any atom is 0.235 e. The van der Waals surface area contributed by atoms with Gasteiger partial charge in [-0.1, -0.05) is 35.9 Å². The van der Waals surface area contributed by atoms with Crippen molar-refractivity contribution in [2.24, 2.45) is 7.05 Å². The van der Waals surface area contributed by atoms with Crippen molar-refractivity contribution >= 4 is 45.4 Å². The van der Waals surface area contributed by atoms with E-state index in [0.29, 0.717) is 15.6 Å². The number of nitrogens with one attached hydrogen (secondary N) is 1. The van der Waals surface area contributed by atoms with Crippen LogP contribution in [0.5, 0.6) is 0 Å². The van der Waals surface area contributed by atoms with E-state index in [1.165, 1.54) is 11.9 Å². The highest BCUT2D eigenvalue weighted by molar-refractivity contribution is 9.10. The molecule has 8 heteroatoms. The fraction of sp³-hybridized carbons (Fsp3) is 0.133. The minimum absolute atomic E-state index is 0.368. The number of hydrogen-bond acceptors (Lipinski definition) is 5. The van der Waals surface area contributed by atoms with Gasteiger partial charge in [0.1, 0.15) is 5.15 Å². The summed E-state index contributed by atoms with van der Waals surface area (Å²) >= 11 is 11.1. The zero-order valence-electron chi connectivity index (χ0n) is 12.4. The van der Waals surface area contributed by atoms with Crippen LogP contribution < -0.4 is 4.72 Å². The lowest BCUT2D eigenvalue weighted by Crippen LogP contribution is -1.99. The fourth-order valence-corrected chi connectivity index (χ4v) is 3.20. The number of rotatable bonds is 4. The molecule has 0 saturated heterocycles. The topological polar surface area (TPSA) is 55.6 Å². The summed E-state index contributed by atoms with van der Waals surface area (Å²) in [5, 5.41) is 4.49. The molecule has 0 saturated carbocycles. The van der Waals surface area contributed by atoms with Gasteiger partial charge in [0.2, 0.25) is 5.95 Å². The number of aryl methyl sites for hydroxylation is 2. The van der Waals surface area contributed by atoms with Crippen LogP contribution in [0.4, 0.5) is 5.95 Å². The number of aromatic nitrogens is 4. The highest BCUT2D eigenvalue weighted by Crippen LogP contribution is 2.34. The Bertz CT molecular complexity index is 852. The molecule has 0 bridgehead atoms. The summed E-state index contributed by atoms with van der Waals surface area (Å²) < 4.78 is 5.53. The lowest BCUT2D eigenvalue weighted by molar-refractivity contribution is 0.766. The quantitative estimate of drug-likeness (QED) is 0.498. The van der Waals surface area contributed by atoms with E-state index < -0.39 is 0 Å². The molecule has 118 valence electrons. The van der Waals surface area contributed by atoms with Crippen LogP contribution in [-0.4, -0.2) is 19.7 Å². The molecule has 0 fully saturated rings. The predicted octanol–water partition coefficient (Wildman–Crippen LogP) is 4.72. The van der Waals surface area contributed by atoms with Crippen LogP contribution in [0.25, 0.3) is 11.3 Å². The van der Waals surface area contributed by atoms with Gasteiger partial charge in [0, 0.05) is 18.8 Å². The lowest BCUT2D eigenvalue weighted by Gasteiger charge is -2.10. The van der Waals surface area contributed by atoms with E-state index in [1.807, 2.05) is 44.4 Å². The van der Waals surface area contributed by atoms with Crippen LogP contribution in [0.3, 0.4) is 0 Å². The third-order valence-electron chi connectivity index (χ3n) is 3.15. The fourth-order valence-electron chi connectivity index (χ4n) is 2.04. The van der Waals surface area contributed by atoms with Gasteiger partial charge in [0.05, 0.1) is 21.3 Å². The first-order chi connectivity index (χ1) is 11.0. The van der Waals surface area contributed by atoms with Crippen LogP contribution in [-0.2, 0) is 7.05 Å². The molecule has 0 spiro atoms. The van der Waals surface area contributed by atoms with Crippen LogP contribution >= 0.6 is 39.5 Å². The first-order valence-electron chi connectivity index (χ1n) is 6.75. The average Bonchev–Trinajstić information content (AvgIpc) is 2.95. The largest absolute Gasteiger partial charge is 0.294 e. The molecule has 3 rings (SSSR count). The van der Waals surface area contributed by atoms with Gasteiger partial charge in [0.25, 0.3) is 0 Å². The third-order valence-corrected chi connectivity index (χ3v) is 5.14. The predicted molar refractivity (Wildman–Crippen MR) is 97.6 cm³/mol. The summed E-state index contributed by atoms with van der Waals surface area (Å²) in [4.78, 5) is 9.81. The maximum atomic E-state index is 6.24. The first kappa shape index (κ1) is 16.3. The molecule has 1 N–H and O–H groups in total. The van der Waals surface area contributed by atoms with Crippen molar-refractivity contribution in [1.82, 2.24) is 19.7 Å². The molecule has 2 heterocycles. The molecule has 1 aromatic carbocycles. The van der Waals surface area contributed by atoms with Crippen molar-refractivity contribution in [3.8, 4) is 11.3 Å². The molecular weight excluding hydrogens is 398 g/mol. The van der Waals surface area contributed by atoms with E-state index in [4.69, 9.17) is 11.6 Å². The molecule has 2 aromatic heterocycles. The molecule has 0 aliphatic rings. The molecule has 0 aliphatic carbocycles. The number of halogens is 2. The second-order valence-corrected chi connectivity index (χ2v) is 6.90. The molecule has 23 heavy (non-hydrogen) atoms. The Kier molecular flexibility index (Phi) is 4.89. The Morgan fingerprint density at radius 3 is 2.74 bits per heavy atom. The Morgan fingerprint density at radius 1 is 1.26 bits per heavy atom. The van der Waals surface area contributed by atoms with Crippen molar-refractivity contribution in [1.29, 1.82) is 0 Å². The molecular formula is C15H13BrClN5S. The van der Waals surface area contributed by atoms with Crippen molar-refractivity contribution < 1.29 is 0 Å². The van der Waals surface area contributed by atoms with Gasteiger partial charge in [-0.2, -0.15) is 10.1 Å². The van der Waals surface area contributed by atoms with Gasteiger partial charge in [-0.3, -0.25) is 9.40 Å². The van der Waals surface area contributed by atoms with Crippen molar-refractivity contribution in [2.75, 3.05) is 4.72 Å². The lowest BCUT2D eigenvalue weighted by atomic mass is 10.1. The Morgan fingerprint density at radius 2 is 2.04 bits per heavy atom. The number of hydrogen-bond donors (Lipinski definition) is 1. The van der Waals surface area contributed by atoms with E-state index >= 15 is 0 Å². The number of anilines is 1. The van der Waals surface area contributed by atoms with Crippen LogP contribution in [0.1, 0.15) is 5.56 Å². The smallest absolute Gasteiger partial charge is 0.235 e. The summed E-state index contributed by atoms with van der Waals surface area (Å²) in [6.07, 6.45) is 3.67. The van der Waals surface area contributed by atoms with E-state index in [0.717, 1.165) is 21.7 Å². The first-order valence-corrected chi connectivity index (χ1v) is 8.74. The minimum Gasteiger partial charge on any atom is -0.294 e. The van der Waals surface area contributed by atoms with Gasteiger partial charge in [-0.05, 0) is 40.4 Å². The highest BCUT2D eigenvalue weighted by atomic mass is 79.9. The minimum atomic E-state index is 0.368. The second kappa shape index (κ2) is 6.90. The molecule has 0 radical (unpaired) electrons. The van der Waals surface area contributed by atoms with E-state index in [2.05, 4.69) is 35.7 Å². The molecule has 5 nitrogen and oxygen atoms in total. The van der Waals surface area contributed by atoms with Gasteiger partial charge in [0.15, 0.2) is 0 Å². The van der Waals surface area contributed by atoms with Gasteiger partial charge < -0.3 is 0 Å². The molecule has 3 aromatic rings. The summed E-state index contributed by atoms with van der Waals surface area (Å²) in [6.45, 7) is 2.04. The van der Waals surface area contributed by atoms with Crippen LogP contribution in [0.15, 0.2) is 46.0 Å². The summed E-state index contributed by atoms with van der Waals surface area (Å²) in [7, 11) is 1.87. The van der Waals surface area contributed by atoms with Crippen molar-refractivity contribution in [2.45, 2.75) is 11.8 Å². The second-order valence-electron chi connectivity index (χ2n) is 4.87. The number of benzene rings is 1. The molecule has 0 aliphatic heterocycles. The van der Waals surface area contributed by atoms with E-state index in [-0.39, 0.29) is 0 Å². The van der Waals surface area contributed by atoms with Crippen molar-refractivity contribution in [3.63, 3.8) is 0 Å². The average molecular weight is 411 g/mol.